The van der Waals surface area contributed by atoms with Gasteiger partial charge in [-0.25, -0.2) is 9.37 Å². The van der Waals surface area contributed by atoms with E-state index in [-0.39, 0.29) is 11.9 Å². The first-order valence-electron chi connectivity index (χ1n) is 11.2. The van der Waals surface area contributed by atoms with Crippen LogP contribution in [0.4, 0.5) is 10.1 Å². The Balaban J connectivity index is 1.49. The second-order valence-corrected chi connectivity index (χ2v) is 8.56. The third-order valence-electron chi connectivity index (χ3n) is 5.75. The molecule has 0 atom stereocenters. The van der Waals surface area contributed by atoms with Gasteiger partial charge >= 0.3 is 0 Å². The molecule has 6 aromatic rings. The van der Waals surface area contributed by atoms with Crippen molar-refractivity contribution in [3.8, 4) is 33.9 Å². The molecule has 0 aliphatic carbocycles. The van der Waals surface area contributed by atoms with Gasteiger partial charge in [0.15, 0.2) is 5.82 Å². The van der Waals surface area contributed by atoms with Crippen LogP contribution in [-0.2, 0) is 0 Å². The summed E-state index contributed by atoms with van der Waals surface area (Å²) in [7, 11) is 0. The Labute approximate surface area is 199 Å². The van der Waals surface area contributed by atoms with Crippen molar-refractivity contribution in [2.75, 3.05) is 5.32 Å². The van der Waals surface area contributed by atoms with E-state index in [4.69, 9.17) is 4.98 Å². The molecule has 6 rings (SSSR count). The normalized spacial score (nSPS) is 11.5. The minimum Gasteiger partial charge on any atom is -0.382 e. The van der Waals surface area contributed by atoms with E-state index in [0.717, 1.165) is 16.8 Å². The summed E-state index contributed by atoms with van der Waals surface area (Å²) in [6.07, 6.45) is 8.52. The van der Waals surface area contributed by atoms with E-state index in [9.17, 15) is 0 Å². The Morgan fingerprint density at radius 2 is 1.74 bits per heavy atom. The summed E-state index contributed by atoms with van der Waals surface area (Å²) in [5.74, 6) is 0.0710. The highest BCUT2D eigenvalue weighted by atomic mass is 19.1. The van der Waals surface area contributed by atoms with Gasteiger partial charge in [-0.2, -0.15) is 5.10 Å². The van der Waals surface area contributed by atoms with E-state index in [1.54, 1.807) is 37.1 Å². The smallest absolute Gasteiger partial charge is 0.159 e. The van der Waals surface area contributed by atoms with Crippen molar-refractivity contribution in [2.24, 2.45) is 0 Å². The number of rotatable bonds is 5. The molecular weight excluding hydrogens is 443 g/mol. The summed E-state index contributed by atoms with van der Waals surface area (Å²) < 4.78 is 16.0. The van der Waals surface area contributed by atoms with Crippen molar-refractivity contribution in [1.29, 1.82) is 0 Å². The van der Waals surface area contributed by atoms with Crippen molar-refractivity contribution < 1.29 is 4.39 Å². The molecule has 5 heterocycles. The summed E-state index contributed by atoms with van der Waals surface area (Å²) in [4.78, 5) is 20.9. The molecule has 0 amide bonds. The van der Waals surface area contributed by atoms with Crippen molar-refractivity contribution in [1.82, 2.24) is 35.1 Å². The first kappa shape index (κ1) is 20.9. The van der Waals surface area contributed by atoms with Gasteiger partial charge in [-0.15, -0.1) is 0 Å². The number of anilines is 1. The van der Waals surface area contributed by atoms with Gasteiger partial charge in [0.05, 0.1) is 27.8 Å². The molecule has 0 aliphatic heterocycles. The van der Waals surface area contributed by atoms with Crippen LogP contribution in [0.15, 0.2) is 67.4 Å². The molecule has 0 aliphatic rings. The number of nitrogens with zero attached hydrogens (tertiary/aromatic N) is 5. The molecule has 0 fully saturated rings. The van der Waals surface area contributed by atoms with Gasteiger partial charge in [-0.05, 0) is 50.2 Å². The van der Waals surface area contributed by atoms with Crippen LogP contribution >= 0.6 is 0 Å². The van der Waals surface area contributed by atoms with Crippen LogP contribution in [0.2, 0.25) is 0 Å². The number of hydrogen-bond donors (Lipinski definition) is 3. The average molecular weight is 465 g/mol. The number of nitrogens with one attached hydrogen (secondary N) is 3. The van der Waals surface area contributed by atoms with E-state index in [0.29, 0.717) is 44.8 Å². The largest absolute Gasteiger partial charge is 0.382 e. The van der Waals surface area contributed by atoms with Crippen molar-refractivity contribution in [2.45, 2.75) is 19.9 Å². The second-order valence-electron chi connectivity index (χ2n) is 8.56. The van der Waals surface area contributed by atoms with E-state index in [1.807, 2.05) is 44.2 Å². The maximum atomic E-state index is 16.0. The molecule has 0 unspecified atom stereocenters. The zero-order valence-corrected chi connectivity index (χ0v) is 19.0. The lowest BCUT2D eigenvalue weighted by Gasteiger charge is -2.11. The van der Waals surface area contributed by atoms with Gasteiger partial charge < -0.3 is 10.3 Å². The Morgan fingerprint density at radius 3 is 2.57 bits per heavy atom. The number of aromatic amines is 2. The van der Waals surface area contributed by atoms with E-state index in [1.165, 1.54) is 0 Å². The zero-order valence-electron chi connectivity index (χ0n) is 19.0. The first-order valence-corrected chi connectivity index (χ1v) is 11.2. The molecule has 35 heavy (non-hydrogen) atoms. The molecular formula is C26H21FN8. The second kappa shape index (κ2) is 8.28. The van der Waals surface area contributed by atoms with Gasteiger partial charge in [0, 0.05) is 53.7 Å². The molecule has 172 valence electrons. The average Bonchev–Trinajstić information content (AvgIpc) is 3.49. The predicted octanol–water partition coefficient (Wildman–Crippen LogP) is 5.58. The highest BCUT2D eigenvalue weighted by Crippen LogP contribution is 2.35. The fraction of sp³-hybridized carbons (Fsp3) is 0.115. The highest BCUT2D eigenvalue weighted by Gasteiger charge is 2.20. The first-order chi connectivity index (χ1) is 17.1. The summed E-state index contributed by atoms with van der Waals surface area (Å²) in [5, 5.41) is 11.0. The Morgan fingerprint density at radius 1 is 0.886 bits per heavy atom. The fourth-order valence-corrected chi connectivity index (χ4v) is 4.24. The van der Waals surface area contributed by atoms with E-state index < -0.39 is 0 Å². The number of pyridine rings is 3. The Kier molecular flexibility index (Phi) is 4.95. The number of H-pyrrole nitrogens is 2. The van der Waals surface area contributed by atoms with Gasteiger partial charge in [0.1, 0.15) is 17.0 Å². The SMILES string of the molecule is CC(C)Nc1cncc(-c2ccc3[nH]nc(-c4nc5c(-c6ccncc6)nccc5[nH]4)c3c2F)c1. The summed E-state index contributed by atoms with van der Waals surface area (Å²) in [6, 6.07) is 11.3. The van der Waals surface area contributed by atoms with Crippen LogP contribution in [-0.4, -0.2) is 41.2 Å². The van der Waals surface area contributed by atoms with Crippen LogP contribution in [0, 0.1) is 5.82 Å². The maximum absolute atomic E-state index is 16.0. The lowest BCUT2D eigenvalue weighted by molar-refractivity contribution is 0.643. The minimum atomic E-state index is -0.386. The number of hydrogen-bond acceptors (Lipinski definition) is 6. The Hall–Kier alpha value is -4.66. The highest BCUT2D eigenvalue weighted by molar-refractivity contribution is 5.98. The lowest BCUT2D eigenvalue weighted by atomic mass is 10.0. The van der Waals surface area contributed by atoms with Crippen molar-refractivity contribution in [3.05, 3.63) is 73.2 Å². The summed E-state index contributed by atoms with van der Waals surface area (Å²) in [5.41, 5.74) is 6.01. The summed E-state index contributed by atoms with van der Waals surface area (Å²) >= 11 is 0. The molecule has 0 bridgehead atoms. The molecule has 0 saturated heterocycles. The summed E-state index contributed by atoms with van der Waals surface area (Å²) in [6.45, 7) is 4.08. The fourth-order valence-electron chi connectivity index (χ4n) is 4.24. The number of aromatic nitrogens is 7. The van der Waals surface area contributed by atoms with Gasteiger partial charge in [-0.3, -0.25) is 20.1 Å². The quantitative estimate of drug-likeness (QED) is 0.307. The molecule has 5 aromatic heterocycles. The third kappa shape index (κ3) is 3.67. The van der Waals surface area contributed by atoms with E-state index >= 15 is 4.39 Å². The number of benzene rings is 1. The Bertz CT molecular complexity index is 1670. The van der Waals surface area contributed by atoms with Crippen molar-refractivity contribution >= 4 is 27.6 Å². The van der Waals surface area contributed by atoms with Crippen LogP contribution < -0.4 is 5.32 Å². The number of fused-ring (bicyclic) bond motifs is 2. The maximum Gasteiger partial charge on any atom is 0.159 e. The standard InChI is InChI=1S/C26H21FN8/c1-14(2)31-17-11-16(12-29-13-17)18-3-4-19-21(22(18)27)25(35-34-19)26-32-20-7-10-30-23(24(20)33-26)15-5-8-28-9-6-15/h3-14,31H,1-2H3,(H,32,33)(H,34,35). The van der Waals surface area contributed by atoms with Gasteiger partial charge in [-0.1, -0.05) is 0 Å². The molecule has 0 spiro atoms. The van der Waals surface area contributed by atoms with Crippen LogP contribution in [0.3, 0.4) is 0 Å². The molecule has 0 radical (unpaired) electrons. The topological polar surface area (TPSA) is 108 Å². The molecule has 3 N–H and O–H groups in total. The van der Waals surface area contributed by atoms with Gasteiger partial charge in [0.2, 0.25) is 0 Å². The lowest BCUT2D eigenvalue weighted by Crippen LogP contribution is -2.09. The van der Waals surface area contributed by atoms with Crippen molar-refractivity contribution in [3.63, 3.8) is 0 Å². The molecule has 8 nitrogen and oxygen atoms in total. The van der Waals surface area contributed by atoms with E-state index in [2.05, 4.69) is 35.5 Å². The molecule has 1 aromatic carbocycles. The number of imidazole rings is 1. The van der Waals surface area contributed by atoms with Crippen LogP contribution in [0.5, 0.6) is 0 Å². The van der Waals surface area contributed by atoms with Crippen LogP contribution in [0.25, 0.3) is 55.8 Å². The molecule has 9 heteroatoms. The van der Waals surface area contributed by atoms with Gasteiger partial charge in [0.25, 0.3) is 0 Å². The zero-order chi connectivity index (χ0) is 23.9. The number of halogens is 1. The monoisotopic (exact) mass is 464 g/mol. The third-order valence-corrected chi connectivity index (χ3v) is 5.75. The van der Waals surface area contributed by atoms with Crippen LogP contribution in [0.1, 0.15) is 13.8 Å². The minimum absolute atomic E-state index is 0.236. The predicted molar refractivity (Wildman–Crippen MR) is 134 cm³/mol. The molecule has 0 saturated carbocycles.